The number of allylic oxidation sites excluding steroid dienone is 2. The number of ketones is 1. The molecule has 1 aromatic heterocycles. The predicted octanol–water partition coefficient (Wildman–Crippen LogP) is 4.61. The highest BCUT2D eigenvalue weighted by Crippen LogP contribution is 2.64. The van der Waals surface area contributed by atoms with Crippen LogP contribution in [0.15, 0.2) is 23.4 Å². The SMILES string of the molecule is Cc1nn(C)cc1/C=C1\C[C@@H]2[C@H]3CC=C4C[C@H](O)CC[C@]4(C)[C@@H]3CC[C@@]2(C)C1=O. The zero-order valence-corrected chi connectivity index (χ0v) is 18.2. The number of aliphatic hydroxyl groups is 1. The fourth-order valence-electron chi connectivity index (χ4n) is 7.39. The smallest absolute Gasteiger partial charge is 0.165 e. The van der Waals surface area contributed by atoms with E-state index >= 15 is 0 Å². The maximum absolute atomic E-state index is 13.5. The van der Waals surface area contributed by atoms with Crippen molar-refractivity contribution in [1.29, 1.82) is 0 Å². The molecule has 0 bridgehead atoms. The topological polar surface area (TPSA) is 55.1 Å². The molecule has 6 atom stereocenters. The van der Waals surface area contributed by atoms with Crippen LogP contribution in [0.4, 0.5) is 0 Å². The van der Waals surface area contributed by atoms with Crippen LogP contribution in [-0.4, -0.2) is 26.8 Å². The normalized spacial score (nSPS) is 43.0. The molecule has 1 N–H and O–H groups in total. The van der Waals surface area contributed by atoms with Gasteiger partial charge in [-0.1, -0.05) is 25.5 Å². The number of carbonyl (C=O) groups is 1. The first-order valence-corrected chi connectivity index (χ1v) is 11.4. The summed E-state index contributed by atoms with van der Waals surface area (Å²) in [7, 11) is 1.94. The second-order valence-electron chi connectivity index (χ2n) is 10.7. The van der Waals surface area contributed by atoms with Crippen LogP contribution >= 0.6 is 0 Å². The first kappa shape index (κ1) is 19.3. The molecule has 0 saturated heterocycles. The highest BCUT2D eigenvalue weighted by Gasteiger charge is 2.59. The Balaban J connectivity index is 1.49. The lowest BCUT2D eigenvalue weighted by molar-refractivity contribution is -0.130. The zero-order chi connectivity index (χ0) is 20.6. The van der Waals surface area contributed by atoms with Gasteiger partial charge >= 0.3 is 0 Å². The molecular formula is C25H34N2O2. The molecule has 29 heavy (non-hydrogen) atoms. The Hall–Kier alpha value is -1.68. The molecule has 156 valence electrons. The number of hydrogen-bond donors (Lipinski definition) is 1. The van der Waals surface area contributed by atoms with E-state index in [1.165, 1.54) is 5.57 Å². The van der Waals surface area contributed by atoms with Crippen molar-refractivity contribution in [2.24, 2.45) is 35.6 Å². The Bertz CT molecular complexity index is 925. The van der Waals surface area contributed by atoms with Gasteiger partial charge in [-0.3, -0.25) is 9.48 Å². The summed E-state index contributed by atoms with van der Waals surface area (Å²) in [6.07, 6.45) is 13.4. The Morgan fingerprint density at radius 2 is 1.93 bits per heavy atom. The third-order valence-corrected chi connectivity index (χ3v) is 9.10. The van der Waals surface area contributed by atoms with E-state index in [0.717, 1.165) is 61.8 Å². The third kappa shape index (κ3) is 2.74. The Kier molecular flexibility index (Phi) is 4.26. The van der Waals surface area contributed by atoms with Gasteiger partial charge in [-0.2, -0.15) is 5.10 Å². The molecule has 0 aromatic carbocycles. The van der Waals surface area contributed by atoms with Crippen molar-refractivity contribution in [3.8, 4) is 0 Å². The maximum atomic E-state index is 13.5. The third-order valence-electron chi connectivity index (χ3n) is 9.10. The van der Waals surface area contributed by atoms with Crippen LogP contribution in [0.1, 0.15) is 70.1 Å². The van der Waals surface area contributed by atoms with E-state index in [0.29, 0.717) is 23.5 Å². The summed E-state index contributed by atoms with van der Waals surface area (Å²) >= 11 is 0. The Morgan fingerprint density at radius 1 is 1.17 bits per heavy atom. The molecule has 3 saturated carbocycles. The minimum Gasteiger partial charge on any atom is -0.393 e. The van der Waals surface area contributed by atoms with Gasteiger partial charge < -0.3 is 5.11 Å². The summed E-state index contributed by atoms with van der Waals surface area (Å²) in [5.74, 6) is 2.06. The number of aromatic nitrogens is 2. The molecule has 4 heteroatoms. The fourth-order valence-corrected chi connectivity index (χ4v) is 7.39. The minimum atomic E-state index is -0.209. The molecule has 1 heterocycles. The number of aryl methyl sites for hydroxylation is 2. The van der Waals surface area contributed by atoms with E-state index in [4.69, 9.17) is 0 Å². The number of Topliss-reactive ketones (excluding diaryl/α,β-unsaturated/α-hetero) is 1. The standard InChI is InChI=1S/C25H34N2O2/c1-15-17(14-27(4)26-15)11-16-12-22-20-6-5-18-13-19(28)7-9-24(18,2)21(20)8-10-25(22,3)23(16)29/h5,11,14,19-22,28H,6-10,12-13H2,1-4H3/b16-11+/t19-,20+,21-,22-,24+,25-/m1/s1. The van der Waals surface area contributed by atoms with Gasteiger partial charge in [0.25, 0.3) is 0 Å². The van der Waals surface area contributed by atoms with Gasteiger partial charge in [0.1, 0.15) is 0 Å². The van der Waals surface area contributed by atoms with Crippen LogP contribution in [0.25, 0.3) is 6.08 Å². The van der Waals surface area contributed by atoms with Crippen molar-refractivity contribution < 1.29 is 9.90 Å². The number of rotatable bonds is 1. The summed E-state index contributed by atoms with van der Waals surface area (Å²) in [6, 6.07) is 0. The van der Waals surface area contributed by atoms with Gasteiger partial charge in [0.2, 0.25) is 0 Å². The zero-order valence-electron chi connectivity index (χ0n) is 18.2. The van der Waals surface area contributed by atoms with E-state index in [9.17, 15) is 9.90 Å². The molecular weight excluding hydrogens is 360 g/mol. The van der Waals surface area contributed by atoms with Gasteiger partial charge in [-0.15, -0.1) is 0 Å². The van der Waals surface area contributed by atoms with Crippen LogP contribution in [0.5, 0.6) is 0 Å². The van der Waals surface area contributed by atoms with E-state index in [1.54, 1.807) is 0 Å². The molecule has 4 aliphatic carbocycles. The number of hydrogen-bond acceptors (Lipinski definition) is 3. The van der Waals surface area contributed by atoms with Crippen molar-refractivity contribution in [1.82, 2.24) is 9.78 Å². The largest absolute Gasteiger partial charge is 0.393 e. The molecule has 0 aliphatic heterocycles. The lowest BCUT2D eigenvalue weighted by Gasteiger charge is -2.56. The van der Waals surface area contributed by atoms with Crippen molar-refractivity contribution in [3.63, 3.8) is 0 Å². The molecule has 5 rings (SSSR count). The summed E-state index contributed by atoms with van der Waals surface area (Å²) in [5.41, 5.74) is 4.58. The predicted molar refractivity (Wildman–Crippen MR) is 114 cm³/mol. The average molecular weight is 395 g/mol. The lowest BCUT2D eigenvalue weighted by Crippen LogP contribution is -2.50. The molecule has 0 amide bonds. The quantitative estimate of drug-likeness (QED) is 0.559. The van der Waals surface area contributed by atoms with E-state index in [1.807, 2.05) is 24.9 Å². The van der Waals surface area contributed by atoms with Crippen LogP contribution in [0.2, 0.25) is 0 Å². The second kappa shape index (κ2) is 6.41. The van der Waals surface area contributed by atoms with Crippen LogP contribution < -0.4 is 0 Å². The van der Waals surface area contributed by atoms with Crippen molar-refractivity contribution in [3.05, 3.63) is 34.7 Å². The number of nitrogens with zero attached hydrogens (tertiary/aromatic N) is 2. The number of carbonyl (C=O) groups excluding carboxylic acids is 1. The fraction of sp³-hybridized carbons (Fsp3) is 0.680. The highest BCUT2D eigenvalue weighted by atomic mass is 16.3. The van der Waals surface area contributed by atoms with Crippen LogP contribution in [0, 0.1) is 35.5 Å². The summed E-state index contributed by atoms with van der Waals surface area (Å²) in [6.45, 7) is 6.69. The summed E-state index contributed by atoms with van der Waals surface area (Å²) in [4.78, 5) is 13.5. The lowest BCUT2D eigenvalue weighted by atomic mass is 9.48. The molecule has 1 aromatic rings. The molecule has 0 spiro atoms. The van der Waals surface area contributed by atoms with Crippen LogP contribution in [-0.2, 0) is 11.8 Å². The maximum Gasteiger partial charge on any atom is 0.165 e. The van der Waals surface area contributed by atoms with Gasteiger partial charge in [-0.05, 0) is 86.7 Å². The molecule has 4 aliphatic rings. The van der Waals surface area contributed by atoms with Crippen molar-refractivity contribution in [2.75, 3.05) is 0 Å². The Morgan fingerprint density at radius 3 is 2.66 bits per heavy atom. The van der Waals surface area contributed by atoms with Gasteiger partial charge in [0.15, 0.2) is 5.78 Å². The molecule has 3 fully saturated rings. The van der Waals surface area contributed by atoms with E-state index < -0.39 is 0 Å². The van der Waals surface area contributed by atoms with Crippen molar-refractivity contribution >= 4 is 11.9 Å². The summed E-state index contributed by atoms with van der Waals surface area (Å²) in [5, 5.41) is 14.6. The van der Waals surface area contributed by atoms with Crippen LogP contribution in [0.3, 0.4) is 0 Å². The van der Waals surface area contributed by atoms with Gasteiger partial charge in [-0.25, -0.2) is 0 Å². The average Bonchev–Trinajstić information content (AvgIpc) is 3.12. The molecule has 0 unspecified atom stereocenters. The molecule has 4 nitrogen and oxygen atoms in total. The number of fused-ring (bicyclic) bond motifs is 5. The minimum absolute atomic E-state index is 0.162. The summed E-state index contributed by atoms with van der Waals surface area (Å²) < 4.78 is 1.83. The molecule has 0 radical (unpaired) electrons. The highest BCUT2D eigenvalue weighted by molar-refractivity contribution is 6.06. The first-order chi connectivity index (χ1) is 13.7. The second-order valence-corrected chi connectivity index (χ2v) is 10.7. The van der Waals surface area contributed by atoms with Crippen molar-refractivity contribution in [2.45, 2.75) is 71.8 Å². The number of aliphatic hydroxyl groups excluding tert-OH is 1. The monoisotopic (exact) mass is 394 g/mol. The van der Waals surface area contributed by atoms with E-state index in [-0.39, 0.29) is 16.9 Å². The Labute approximate surface area is 174 Å². The van der Waals surface area contributed by atoms with E-state index in [2.05, 4.69) is 31.1 Å². The van der Waals surface area contributed by atoms with Gasteiger partial charge in [0, 0.05) is 24.2 Å². The first-order valence-electron chi connectivity index (χ1n) is 11.4. The van der Waals surface area contributed by atoms with Gasteiger partial charge in [0.05, 0.1) is 11.8 Å².